The molecule has 1 heterocycles. The first-order valence-corrected chi connectivity index (χ1v) is 4.51. The van der Waals surface area contributed by atoms with Gasteiger partial charge in [0.05, 0.1) is 0 Å². The summed E-state index contributed by atoms with van der Waals surface area (Å²) in [5, 5.41) is 2.20. The molecule has 0 spiro atoms. The van der Waals surface area contributed by atoms with Gasteiger partial charge in [0.2, 0.25) is 6.75 Å². The molecule has 0 fully saturated rings. The average molecular weight is 215 g/mol. The Bertz CT molecular complexity index is 599. The van der Waals surface area contributed by atoms with Crippen molar-refractivity contribution in [2.75, 3.05) is 13.2 Å². The number of fused-ring (bicyclic) bond motifs is 1. The van der Waals surface area contributed by atoms with Crippen molar-refractivity contribution in [3.05, 3.63) is 23.8 Å². The SMILES string of the molecule is [2H]C1([2H])Oc2ccc(C[C@@]([2H])(C)NC([2H])([2H])C([2H])([2H])[2H])cc2O1. The standard InChI is InChI=1S/C12H17NO2/c1-3-13-9(2)6-10-4-5-11-12(7-10)15-8-14-11/h4-5,7,9,13H,3,6,8H2,1-2H3/t9-/m1/s1/i1D3,3D2,8D2,9D. The molecule has 1 aliphatic heterocycles. The van der Waals surface area contributed by atoms with E-state index >= 15 is 0 Å². The lowest BCUT2D eigenvalue weighted by molar-refractivity contribution is 0.174. The highest BCUT2D eigenvalue weighted by Gasteiger charge is 2.13. The largest absolute Gasteiger partial charge is 0.454 e. The third-order valence-electron chi connectivity index (χ3n) is 2.06. The predicted octanol–water partition coefficient (Wildman–Crippen LogP) is 1.96. The van der Waals surface area contributed by atoms with Gasteiger partial charge >= 0.3 is 0 Å². The van der Waals surface area contributed by atoms with E-state index in [4.69, 9.17) is 20.4 Å². The van der Waals surface area contributed by atoms with E-state index in [0.717, 1.165) is 0 Å². The van der Waals surface area contributed by atoms with Crippen LogP contribution in [0.15, 0.2) is 18.2 Å². The molecule has 0 unspecified atom stereocenters. The molecule has 1 aromatic carbocycles. The summed E-state index contributed by atoms with van der Waals surface area (Å²) in [5.74, 6) is 0.415. The smallest absolute Gasteiger partial charge is 0.231 e. The van der Waals surface area contributed by atoms with Crippen LogP contribution in [0.25, 0.3) is 0 Å². The number of nitrogens with one attached hydrogen (secondary N) is 1. The monoisotopic (exact) mass is 215 g/mol. The lowest BCUT2D eigenvalue weighted by Crippen LogP contribution is -2.27. The van der Waals surface area contributed by atoms with E-state index in [9.17, 15) is 0 Å². The van der Waals surface area contributed by atoms with Crippen molar-refractivity contribution >= 4 is 0 Å². The second-order valence-electron chi connectivity index (χ2n) is 3.28. The molecule has 1 atom stereocenters. The van der Waals surface area contributed by atoms with E-state index in [1.807, 2.05) is 0 Å². The Kier molecular flexibility index (Phi) is 1.31. The molecule has 2 rings (SSSR count). The van der Waals surface area contributed by atoms with E-state index in [-0.39, 0.29) is 17.9 Å². The van der Waals surface area contributed by atoms with Gasteiger partial charge in [0, 0.05) is 14.2 Å². The van der Waals surface area contributed by atoms with Gasteiger partial charge in [0.15, 0.2) is 11.5 Å². The van der Waals surface area contributed by atoms with Gasteiger partial charge in [-0.1, -0.05) is 12.9 Å². The molecular weight excluding hydrogens is 190 g/mol. The van der Waals surface area contributed by atoms with Gasteiger partial charge in [0.25, 0.3) is 0 Å². The second kappa shape index (κ2) is 4.53. The molecule has 0 bridgehead atoms. The highest BCUT2D eigenvalue weighted by atomic mass is 16.7. The van der Waals surface area contributed by atoms with Crippen LogP contribution in [0.2, 0.25) is 0 Å². The number of benzene rings is 1. The molecule has 1 aromatic rings. The topological polar surface area (TPSA) is 30.5 Å². The van der Waals surface area contributed by atoms with Crippen LogP contribution >= 0.6 is 0 Å². The highest BCUT2D eigenvalue weighted by Crippen LogP contribution is 2.32. The van der Waals surface area contributed by atoms with Crippen molar-refractivity contribution in [2.24, 2.45) is 0 Å². The summed E-state index contributed by atoms with van der Waals surface area (Å²) in [6, 6.07) is 2.97. The normalized spacial score (nSPS) is 30.5. The summed E-state index contributed by atoms with van der Waals surface area (Å²) in [5.41, 5.74) is 0.552. The fourth-order valence-corrected chi connectivity index (χ4v) is 1.39. The zero-order chi connectivity index (χ0) is 17.7. The van der Waals surface area contributed by atoms with E-state index in [1.54, 1.807) is 6.07 Å². The average Bonchev–Trinajstić information content (AvgIpc) is 2.58. The molecule has 1 aliphatic rings. The maximum Gasteiger partial charge on any atom is 0.231 e. The molecule has 0 amide bonds. The fourth-order valence-electron chi connectivity index (χ4n) is 1.39. The Morgan fingerprint density at radius 2 is 2.53 bits per heavy atom. The molecule has 15 heavy (non-hydrogen) atoms. The maximum absolute atomic E-state index is 8.13. The summed E-state index contributed by atoms with van der Waals surface area (Å²) in [4.78, 5) is 0. The molecule has 1 N–H and O–H groups in total. The van der Waals surface area contributed by atoms with Crippen LogP contribution in [0, 0.1) is 0 Å². The highest BCUT2D eigenvalue weighted by molar-refractivity contribution is 5.44. The number of ether oxygens (including phenoxy) is 2. The van der Waals surface area contributed by atoms with Crippen LogP contribution in [-0.2, 0) is 6.42 Å². The maximum atomic E-state index is 8.13. The summed E-state index contributed by atoms with van der Waals surface area (Å²) >= 11 is 0. The molecule has 0 aromatic heterocycles. The van der Waals surface area contributed by atoms with Crippen molar-refractivity contribution in [1.82, 2.24) is 5.32 Å². The summed E-state index contributed by atoms with van der Waals surface area (Å²) in [6.07, 6.45) is -0.0117. The van der Waals surface area contributed by atoms with Crippen molar-refractivity contribution < 1.29 is 20.4 Å². The first-order chi connectivity index (χ1) is 10.2. The lowest BCUT2D eigenvalue weighted by atomic mass is 10.1. The van der Waals surface area contributed by atoms with Gasteiger partial charge in [-0.15, -0.1) is 0 Å². The van der Waals surface area contributed by atoms with E-state index < -0.39 is 26.1 Å². The van der Waals surface area contributed by atoms with Gasteiger partial charge in [0.1, 0.15) is 2.74 Å². The molecular formula is C12H17NO2. The number of hydrogen-bond donors (Lipinski definition) is 1. The van der Waals surface area contributed by atoms with Crippen LogP contribution in [-0.4, -0.2) is 19.3 Å². The van der Waals surface area contributed by atoms with Crippen LogP contribution in [0.1, 0.15) is 30.3 Å². The minimum absolute atomic E-state index is 0.0117. The van der Waals surface area contributed by atoms with E-state index in [2.05, 4.69) is 5.32 Å². The van der Waals surface area contributed by atoms with Gasteiger partial charge in [-0.2, -0.15) is 0 Å². The summed E-state index contributed by atoms with van der Waals surface area (Å²) < 4.78 is 69.4. The minimum Gasteiger partial charge on any atom is -0.454 e. The zero-order valence-electron chi connectivity index (χ0n) is 16.3. The Hall–Kier alpha value is -1.22. The van der Waals surface area contributed by atoms with Crippen LogP contribution in [0.3, 0.4) is 0 Å². The number of hydrogen-bond acceptors (Lipinski definition) is 3. The first kappa shape index (κ1) is 4.34. The molecule has 3 nitrogen and oxygen atoms in total. The number of likely N-dealkylation sites (N-methyl/N-ethyl adjacent to an activating group) is 1. The van der Waals surface area contributed by atoms with Crippen molar-refractivity contribution in [3.8, 4) is 11.5 Å². The molecule has 0 saturated heterocycles. The second-order valence-corrected chi connectivity index (χ2v) is 3.28. The van der Waals surface area contributed by atoms with E-state index in [1.165, 1.54) is 19.1 Å². The van der Waals surface area contributed by atoms with Gasteiger partial charge in [-0.25, -0.2) is 0 Å². The Morgan fingerprint density at radius 3 is 3.40 bits per heavy atom. The molecule has 0 aliphatic carbocycles. The van der Waals surface area contributed by atoms with Crippen LogP contribution in [0.5, 0.6) is 11.5 Å². The Labute approximate surface area is 102 Å². The van der Waals surface area contributed by atoms with E-state index in [0.29, 0.717) is 5.56 Å². The van der Waals surface area contributed by atoms with Gasteiger partial charge < -0.3 is 14.8 Å². The van der Waals surface area contributed by atoms with Gasteiger partial charge in [-0.3, -0.25) is 0 Å². The minimum atomic E-state index is -2.90. The summed E-state index contributed by atoms with van der Waals surface area (Å²) in [6.45, 7) is -6.50. The zero-order valence-corrected chi connectivity index (χ0v) is 8.26. The van der Waals surface area contributed by atoms with Crippen LogP contribution in [0.4, 0.5) is 0 Å². The quantitative estimate of drug-likeness (QED) is 0.833. The molecule has 3 heteroatoms. The molecule has 82 valence electrons. The predicted molar refractivity (Wildman–Crippen MR) is 59.4 cm³/mol. The van der Waals surface area contributed by atoms with Gasteiger partial charge in [-0.05, 0) is 37.5 Å². The Morgan fingerprint density at radius 1 is 1.67 bits per heavy atom. The van der Waals surface area contributed by atoms with Crippen molar-refractivity contribution in [1.29, 1.82) is 0 Å². The Balaban J connectivity index is 2.13. The summed E-state index contributed by atoms with van der Waals surface area (Å²) in [7, 11) is 0. The first-order valence-electron chi connectivity index (χ1n) is 8.51. The fraction of sp³-hybridized carbons (Fsp3) is 0.500. The molecule has 0 radical (unpaired) electrons. The van der Waals surface area contributed by atoms with Crippen molar-refractivity contribution in [3.63, 3.8) is 0 Å². The van der Waals surface area contributed by atoms with Crippen LogP contribution < -0.4 is 14.8 Å². The number of rotatable bonds is 4. The third kappa shape index (κ3) is 2.42. The van der Waals surface area contributed by atoms with Crippen molar-refractivity contribution in [2.45, 2.75) is 26.2 Å². The third-order valence-corrected chi connectivity index (χ3v) is 2.06. The lowest BCUT2D eigenvalue weighted by Gasteiger charge is -2.12. The molecule has 0 saturated carbocycles.